The zero-order valence-electron chi connectivity index (χ0n) is 10.4. The molecule has 0 radical (unpaired) electrons. The first-order valence-corrected chi connectivity index (χ1v) is 6.98. The first-order chi connectivity index (χ1) is 8.61. The molecule has 3 N–H and O–H groups in total. The van der Waals surface area contributed by atoms with E-state index < -0.39 is 28.9 Å². The van der Waals surface area contributed by atoms with E-state index in [1.807, 2.05) is 0 Å². The van der Waals surface area contributed by atoms with Gasteiger partial charge in [-0.15, -0.1) is 0 Å². The Morgan fingerprint density at radius 3 is 2.47 bits per heavy atom. The van der Waals surface area contributed by atoms with Crippen molar-refractivity contribution >= 4 is 15.9 Å². The lowest BCUT2D eigenvalue weighted by Crippen LogP contribution is -2.32. The molecule has 1 aromatic heterocycles. The van der Waals surface area contributed by atoms with Crippen LogP contribution >= 0.6 is 0 Å². The van der Waals surface area contributed by atoms with Crippen LogP contribution in [0.25, 0.3) is 0 Å². The Morgan fingerprint density at radius 1 is 1.47 bits per heavy atom. The van der Waals surface area contributed by atoms with E-state index in [1.54, 1.807) is 13.8 Å². The fourth-order valence-electron chi connectivity index (χ4n) is 1.47. The number of amides is 1. The van der Waals surface area contributed by atoms with Crippen molar-refractivity contribution in [2.24, 2.45) is 5.14 Å². The lowest BCUT2D eigenvalue weighted by Gasteiger charge is -2.11. The van der Waals surface area contributed by atoms with Gasteiger partial charge in [-0.1, -0.05) is 0 Å². The van der Waals surface area contributed by atoms with Crippen LogP contribution in [0.3, 0.4) is 0 Å². The second kappa shape index (κ2) is 5.66. The molecule has 0 fully saturated rings. The quantitative estimate of drug-likeness (QED) is 0.830. The molecule has 6 nitrogen and oxygen atoms in total. The minimum Gasteiger partial charge on any atom is -0.349 e. The Bertz CT molecular complexity index is 567. The number of hydrogen-bond donors (Lipinski definition) is 2. The minimum atomic E-state index is -4.05. The molecule has 1 rings (SSSR count). The van der Waals surface area contributed by atoms with E-state index in [4.69, 9.17) is 5.14 Å². The van der Waals surface area contributed by atoms with Gasteiger partial charge in [-0.2, -0.15) is 0 Å². The van der Waals surface area contributed by atoms with E-state index in [-0.39, 0.29) is 16.6 Å². The van der Waals surface area contributed by atoms with Gasteiger partial charge < -0.3 is 9.88 Å². The molecule has 0 saturated heterocycles. The predicted octanol–water partition coefficient (Wildman–Crippen LogP) is 0.539. The minimum absolute atomic E-state index is 0.168. The van der Waals surface area contributed by atoms with Crippen molar-refractivity contribution in [2.75, 3.05) is 0 Å². The number of primary sulfonamides is 1. The summed E-state index contributed by atoms with van der Waals surface area (Å²) >= 11 is 0. The lowest BCUT2D eigenvalue weighted by atomic mass is 10.3. The number of halogens is 2. The van der Waals surface area contributed by atoms with Crippen LogP contribution in [0, 0.1) is 0 Å². The highest BCUT2D eigenvalue weighted by atomic mass is 32.2. The summed E-state index contributed by atoms with van der Waals surface area (Å²) in [6.07, 6.45) is -1.79. The SMILES string of the molecule is CC(C)NC(=O)c1cc(S(N)(=O)=O)cn1CC(F)F. The summed E-state index contributed by atoms with van der Waals surface area (Å²) in [7, 11) is -4.05. The lowest BCUT2D eigenvalue weighted by molar-refractivity contribution is 0.0920. The van der Waals surface area contributed by atoms with Gasteiger partial charge in [0.15, 0.2) is 0 Å². The summed E-state index contributed by atoms with van der Waals surface area (Å²) in [4.78, 5) is 11.4. The molecule has 1 amide bonds. The number of hydrogen-bond acceptors (Lipinski definition) is 3. The summed E-state index contributed by atoms with van der Waals surface area (Å²) in [6.45, 7) is 2.61. The predicted molar refractivity (Wildman–Crippen MR) is 64.4 cm³/mol. The van der Waals surface area contributed by atoms with Crippen LogP contribution in [0.2, 0.25) is 0 Å². The van der Waals surface area contributed by atoms with Crippen molar-refractivity contribution < 1.29 is 22.0 Å². The summed E-state index contributed by atoms with van der Waals surface area (Å²) in [6, 6.07) is 0.774. The van der Waals surface area contributed by atoms with Crippen LogP contribution in [-0.4, -0.2) is 31.4 Å². The number of nitrogens with two attached hydrogens (primary N) is 1. The van der Waals surface area contributed by atoms with Crippen LogP contribution in [-0.2, 0) is 16.6 Å². The van der Waals surface area contributed by atoms with Gasteiger partial charge in [0.25, 0.3) is 12.3 Å². The van der Waals surface area contributed by atoms with E-state index in [2.05, 4.69) is 5.32 Å². The normalized spacial score (nSPS) is 12.2. The molecule has 0 aliphatic rings. The molecule has 0 aliphatic carbocycles. The maximum atomic E-state index is 12.4. The summed E-state index contributed by atoms with van der Waals surface area (Å²) in [5, 5.41) is 7.41. The number of rotatable bonds is 5. The standard InChI is InChI=1S/C10H15F2N3O3S/c1-6(2)14-10(16)8-3-7(19(13,17)18)4-15(8)5-9(11)12/h3-4,6,9H,5H2,1-2H3,(H,14,16)(H2,13,17,18). The molecule has 108 valence electrons. The maximum absolute atomic E-state index is 12.4. The fourth-order valence-corrected chi connectivity index (χ4v) is 2.02. The first kappa shape index (κ1) is 15.6. The van der Waals surface area contributed by atoms with Gasteiger partial charge in [-0.3, -0.25) is 4.79 Å². The zero-order valence-corrected chi connectivity index (χ0v) is 11.2. The molecule has 0 atom stereocenters. The Kier molecular flexibility index (Phi) is 4.64. The van der Waals surface area contributed by atoms with Gasteiger partial charge in [-0.25, -0.2) is 22.3 Å². The second-order valence-corrected chi connectivity index (χ2v) is 5.84. The monoisotopic (exact) mass is 295 g/mol. The second-order valence-electron chi connectivity index (χ2n) is 4.28. The largest absolute Gasteiger partial charge is 0.349 e. The topological polar surface area (TPSA) is 94.2 Å². The average molecular weight is 295 g/mol. The number of carbonyl (C=O) groups excluding carboxylic acids is 1. The highest BCUT2D eigenvalue weighted by Gasteiger charge is 2.21. The molecular weight excluding hydrogens is 280 g/mol. The Labute approximate surface area is 109 Å². The number of carbonyl (C=O) groups is 1. The van der Waals surface area contributed by atoms with Crippen LogP contribution in [0.4, 0.5) is 8.78 Å². The molecule has 1 aromatic rings. The summed E-state index contributed by atoms with van der Waals surface area (Å²) in [5.74, 6) is -0.634. The highest BCUT2D eigenvalue weighted by Crippen LogP contribution is 2.15. The number of sulfonamides is 1. The van der Waals surface area contributed by atoms with Gasteiger partial charge >= 0.3 is 0 Å². The number of nitrogens with zero attached hydrogens (tertiary/aromatic N) is 1. The van der Waals surface area contributed by atoms with Crippen LogP contribution in [0.1, 0.15) is 24.3 Å². The Morgan fingerprint density at radius 2 is 2.05 bits per heavy atom. The smallest absolute Gasteiger partial charge is 0.268 e. The molecule has 9 heteroatoms. The molecule has 1 heterocycles. The van der Waals surface area contributed by atoms with Crippen LogP contribution in [0.15, 0.2) is 17.2 Å². The third-order valence-electron chi connectivity index (χ3n) is 2.19. The number of nitrogens with one attached hydrogen (secondary N) is 1. The van der Waals surface area contributed by atoms with Crippen molar-refractivity contribution in [1.82, 2.24) is 9.88 Å². The number of aromatic nitrogens is 1. The van der Waals surface area contributed by atoms with Crippen LogP contribution in [0.5, 0.6) is 0 Å². The molecule has 0 spiro atoms. The Balaban J connectivity index is 3.20. The first-order valence-electron chi connectivity index (χ1n) is 5.43. The molecule has 0 aromatic carbocycles. The molecular formula is C10H15F2N3O3S. The van der Waals surface area contributed by atoms with E-state index in [0.29, 0.717) is 0 Å². The highest BCUT2D eigenvalue weighted by molar-refractivity contribution is 7.89. The van der Waals surface area contributed by atoms with Gasteiger partial charge in [-0.05, 0) is 19.9 Å². The van der Waals surface area contributed by atoms with Crippen molar-refractivity contribution in [1.29, 1.82) is 0 Å². The fraction of sp³-hybridized carbons (Fsp3) is 0.500. The molecule has 0 unspecified atom stereocenters. The maximum Gasteiger partial charge on any atom is 0.268 e. The third-order valence-corrected chi connectivity index (χ3v) is 3.07. The van der Waals surface area contributed by atoms with Gasteiger partial charge in [0.2, 0.25) is 10.0 Å². The van der Waals surface area contributed by atoms with Gasteiger partial charge in [0.05, 0.1) is 6.54 Å². The van der Waals surface area contributed by atoms with Crippen molar-refractivity contribution in [3.63, 3.8) is 0 Å². The van der Waals surface area contributed by atoms with E-state index in [1.165, 1.54) is 0 Å². The van der Waals surface area contributed by atoms with E-state index >= 15 is 0 Å². The van der Waals surface area contributed by atoms with Crippen molar-refractivity contribution in [2.45, 2.75) is 37.8 Å². The molecule has 19 heavy (non-hydrogen) atoms. The zero-order chi connectivity index (χ0) is 14.8. The van der Waals surface area contributed by atoms with Crippen LogP contribution < -0.4 is 10.5 Å². The molecule has 0 aliphatic heterocycles. The Hall–Kier alpha value is -1.48. The van der Waals surface area contributed by atoms with Crippen molar-refractivity contribution in [3.05, 3.63) is 18.0 Å². The van der Waals surface area contributed by atoms with Gasteiger partial charge in [0, 0.05) is 12.2 Å². The average Bonchev–Trinajstić information content (AvgIpc) is 2.58. The third kappa shape index (κ3) is 4.28. The molecule has 0 bridgehead atoms. The van der Waals surface area contributed by atoms with Gasteiger partial charge in [0.1, 0.15) is 10.6 Å². The molecule has 0 saturated carbocycles. The van der Waals surface area contributed by atoms with E-state index in [0.717, 1.165) is 16.8 Å². The summed E-state index contributed by atoms with van der Waals surface area (Å²) in [5.41, 5.74) is -0.168. The number of alkyl halides is 2. The van der Waals surface area contributed by atoms with E-state index in [9.17, 15) is 22.0 Å². The van der Waals surface area contributed by atoms with Crippen molar-refractivity contribution in [3.8, 4) is 0 Å². The summed E-state index contributed by atoms with van der Waals surface area (Å²) < 4.78 is 48.0.